The highest BCUT2D eigenvalue weighted by Gasteiger charge is 2.38. The van der Waals surface area contributed by atoms with Gasteiger partial charge in [-0.25, -0.2) is 0 Å². The number of ether oxygens (including phenoxy) is 1. The fraction of sp³-hybridized carbons (Fsp3) is 0.538. The number of ketones is 1. The van der Waals surface area contributed by atoms with Gasteiger partial charge in [0, 0.05) is 25.8 Å². The standard InChI is InChI=1S/C13H17NO4/c1-13(18-2)6-9-7-14-10(5-12(16)17)3-8(9)4-11(13)15/h4,7,10,14H,3,5-6H2,1-2H3,(H,16,17). The summed E-state index contributed by atoms with van der Waals surface area (Å²) in [7, 11) is 1.53. The van der Waals surface area contributed by atoms with E-state index in [2.05, 4.69) is 5.32 Å². The zero-order chi connectivity index (χ0) is 13.3. The molecule has 0 spiro atoms. The molecule has 0 amide bonds. The first kappa shape index (κ1) is 12.8. The summed E-state index contributed by atoms with van der Waals surface area (Å²) in [6.45, 7) is 1.77. The van der Waals surface area contributed by atoms with Gasteiger partial charge in [-0.1, -0.05) is 0 Å². The van der Waals surface area contributed by atoms with Crippen LogP contribution in [0.1, 0.15) is 26.2 Å². The van der Waals surface area contributed by atoms with Gasteiger partial charge in [0.2, 0.25) is 0 Å². The van der Waals surface area contributed by atoms with Crippen LogP contribution in [0.15, 0.2) is 23.4 Å². The van der Waals surface area contributed by atoms with Crippen molar-refractivity contribution in [1.29, 1.82) is 0 Å². The molecule has 18 heavy (non-hydrogen) atoms. The minimum atomic E-state index is -0.839. The lowest BCUT2D eigenvalue weighted by Gasteiger charge is -2.35. The maximum atomic E-state index is 12.0. The summed E-state index contributed by atoms with van der Waals surface area (Å²) in [6.07, 6.45) is 4.56. The van der Waals surface area contributed by atoms with Crippen LogP contribution in [-0.4, -0.2) is 35.6 Å². The van der Waals surface area contributed by atoms with Gasteiger partial charge in [0.25, 0.3) is 0 Å². The molecule has 5 heteroatoms. The Kier molecular flexibility index (Phi) is 3.26. The molecule has 0 aromatic heterocycles. The van der Waals surface area contributed by atoms with Gasteiger partial charge >= 0.3 is 5.97 Å². The predicted octanol–water partition coefficient (Wildman–Crippen LogP) is 1.01. The van der Waals surface area contributed by atoms with Gasteiger partial charge in [-0.2, -0.15) is 0 Å². The Labute approximate surface area is 106 Å². The second kappa shape index (κ2) is 4.57. The minimum Gasteiger partial charge on any atom is -0.481 e. The number of carbonyl (C=O) groups excluding carboxylic acids is 1. The molecule has 0 fully saturated rings. The largest absolute Gasteiger partial charge is 0.481 e. The van der Waals surface area contributed by atoms with Crippen LogP contribution in [-0.2, 0) is 14.3 Å². The third-order valence-corrected chi connectivity index (χ3v) is 3.60. The Morgan fingerprint density at radius 2 is 2.33 bits per heavy atom. The molecule has 1 aliphatic heterocycles. The lowest BCUT2D eigenvalue weighted by molar-refractivity contribution is -0.137. The summed E-state index contributed by atoms with van der Waals surface area (Å²) < 4.78 is 5.27. The van der Waals surface area contributed by atoms with Crippen LogP contribution in [0.2, 0.25) is 0 Å². The Bertz CT molecular complexity index is 452. The van der Waals surface area contributed by atoms with E-state index in [4.69, 9.17) is 9.84 Å². The van der Waals surface area contributed by atoms with Gasteiger partial charge in [-0.3, -0.25) is 9.59 Å². The van der Waals surface area contributed by atoms with E-state index in [1.165, 1.54) is 7.11 Å². The highest BCUT2D eigenvalue weighted by Crippen LogP contribution is 2.35. The van der Waals surface area contributed by atoms with E-state index >= 15 is 0 Å². The van der Waals surface area contributed by atoms with E-state index in [9.17, 15) is 9.59 Å². The van der Waals surface area contributed by atoms with E-state index in [0.717, 1.165) is 11.1 Å². The lowest BCUT2D eigenvalue weighted by atomic mass is 9.79. The summed E-state index contributed by atoms with van der Waals surface area (Å²) in [6, 6.07) is -0.141. The van der Waals surface area contributed by atoms with Crippen molar-refractivity contribution in [2.24, 2.45) is 0 Å². The highest BCUT2D eigenvalue weighted by atomic mass is 16.5. The number of carbonyl (C=O) groups is 2. The van der Waals surface area contributed by atoms with Gasteiger partial charge in [-0.05, 0) is 30.6 Å². The van der Waals surface area contributed by atoms with E-state index in [1.807, 2.05) is 6.20 Å². The average molecular weight is 251 g/mol. The third kappa shape index (κ3) is 2.31. The molecule has 0 saturated carbocycles. The molecule has 2 N–H and O–H groups in total. The second-order valence-corrected chi connectivity index (χ2v) is 4.98. The number of nitrogens with one attached hydrogen (secondary N) is 1. The Morgan fingerprint density at radius 1 is 1.61 bits per heavy atom. The third-order valence-electron chi connectivity index (χ3n) is 3.60. The molecule has 2 rings (SSSR count). The SMILES string of the molecule is COC1(C)CC2=CNC(CC(=O)O)CC2=CC1=O. The van der Waals surface area contributed by atoms with Crippen molar-refractivity contribution in [2.45, 2.75) is 37.8 Å². The number of hydrogen-bond donors (Lipinski definition) is 2. The van der Waals surface area contributed by atoms with E-state index in [1.54, 1.807) is 13.0 Å². The van der Waals surface area contributed by atoms with Crippen LogP contribution >= 0.6 is 0 Å². The number of fused-ring (bicyclic) bond motifs is 1. The summed E-state index contributed by atoms with van der Waals surface area (Å²) >= 11 is 0. The van der Waals surface area contributed by atoms with Crippen LogP contribution in [0, 0.1) is 0 Å². The highest BCUT2D eigenvalue weighted by molar-refractivity contribution is 5.99. The predicted molar refractivity (Wildman–Crippen MR) is 65.0 cm³/mol. The Morgan fingerprint density at radius 3 is 2.94 bits per heavy atom. The summed E-state index contributed by atoms with van der Waals surface area (Å²) in [5.74, 6) is -0.887. The molecule has 2 unspecified atom stereocenters. The number of aliphatic carboxylic acids is 1. The van der Waals surface area contributed by atoms with Crippen molar-refractivity contribution in [1.82, 2.24) is 5.32 Å². The van der Waals surface area contributed by atoms with Crippen molar-refractivity contribution in [2.75, 3.05) is 7.11 Å². The Balaban J connectivity index is 2.19. The monoisotopic (exact) mass is 251 g/mol. The zero-order valence-electron chi connectivity index (χ0n) is 10.5. The lowest BCUT2D eigenvalue weighted by Crippen LogP contribution is -2.42. The zero-order valence-corrected chi connectivity index (χ0v) is 10.5. The summed E-state index contributed by atoms with van der Waals surface area (Å²) in [5, 5.41) is 11.8. The molecular formula is C13H17NO4. The first-order valence-electron chi connectivity index (χ1n) is 5.92. The molecule has 0 bridgehead atoms. The van der Waals surface area contributed by atoms with E-state index in [0.29, 0.717) is 12.8 Å². The quantitative estimate of drug-likeness (QED) is 0.783. The fourth-order valence-corrected chi connectivity index (χ4v) is 2.36. The normalized spacial score (nSPS) is 31.0. The van der Waals surface area contributed by atoms with Crippen LogP contribution in [0.25, 0.3) is 0 Å². The maximum Gasteiger partial charge on any atom is 0.305 e. The van der Waals surface area contributed by atoms with E-state index < -0.39 is 11.6 Å². The minimum absolute atomic E-state index is 0.0480. The maximum absolute atomic E-state index is 12.0. The summed E-state index contributed by atoms with van der Waals surface area (Å²) in [5.41, 5.74) is 1.16. The second-order valence-electron chi connectivity index (χ2n) is 4.98. The molecule has 2 atom stereocenters. The van der Waals surface area contributed by atoms with Gasteiger partial charge in [0.1, 0.15) is 5.60 Å². The molecule has 5 nitrogen and oxygen atoms in total. The van der Waals surface area contributed by atoms with Crippen LogP contribution in [0.5, 0.6) is 0 Å². The average Bonchev–Trinajstić information content (AvgIpc) is 2.30. The van der Waals surface area contributed by atoms with Crippen LogP contribution < -0.4 is 5.32 Å². The van der Waals surface area contributed by atoms with Gasteiger partial charge in [0.15, 0.2) is 5.78 Å². The van der Waals surface area contributed by atoms with Gasteiger partial charge < -0.3 is 15.2 Å². The van der Waals surface area contributed by atoms with Crippen molar-refractivity contribution < 1.29 is 19.4 Å². The molecular weight excluding hydrogens is 234 g/mol. The number of carboxylic acid groups (broad SMARTS) is 1. The van der Waals surface area contributed by atoms with Crippen molar-refractivity contribution >= 4 is 11.8 Å². The molecule has 2 aliphatic rings. The molecule has 98 valence electrons. The van der Waals surface area contributed by atoms with Crippen molar-refractivity contribution in [3.63, 3.8) is 0 Å². The molecule has 0 aromatic rings. The number of methoxy groups -OCH3 is 1. The number of hydrogen-bond acceptors (Lipinski definition) is 4. The fourth-order valence-electron chi connectivity index (χ4n) is 2.36. The molecule has 0 radical (unpaired) electrons. The van der Waals surface area contributed by atoms with Gasteiger partial charge in [-0.15, -0.1) is 0 Å². The molecule has 1 heterocycles. The van der Waals surface area contributed by atoms with Gasteiger partial charge in [0.05, 0.1) is 6.42 Å². The van der Waals surface area contributed by atoms with E-state index in [-0.39, 0.29) is 18.2 Å². The molecule has 0 saturated heterocycles. The van der Waals surface area contributed by atoms with Crippen LogP contribution in [0.3, 0.4) is 0 Å². The number of carboxylic acids is 1. The van der Waals surface area contributed by atoms with Crippen molar-refractivity contribution in [3.05, 3.63) is 23.4 Å². The molecule has 0 aromatic carbocycles. The molecule has 1 aliphatic carbocycles. The first-order valence-corrected chi connectivity index (χ1v) is 5.92. The first-order chi connectivity index (χ1) is 8.44. The van der Waals surface area contributed by atoms with Crippen LogP contribution in [0.4, 0.5) is 0 Å². The van der Waals surface area contributed by atoms with Crippen molar-refractivity contribution in [3.8, 4) is 0 Å². The Hall–Kier alpha value is -1.62. The number of rotatable bonds is 3. The topological polar surface area (TPSA) is 75.6 Å². The summed E-state index contributed by atoms with van der Waals surface area (Å²) in [4.78, 5) is 22.6. The smallest absolute Gasteiger partial charge is 0.305 e.